The number of sulfonamides is 1. The van der Waals surface area contributed by atoms with Crippen molar-refractivity contribution in [2.75, 3.05) is 24.1 Å². The fraction of sp³-hybridized carbons (Fsp3) is 0.280. The van der Waals surface area contributed by atoms with Crippen LogP contribution >= 0.6 is 0 Å². The largest absolute Gasteiger partial charge is 0.338 e. The van der Waals surface area contributed by atoms with Gasteiger partial charge in [0.2, 0.25) is 10.0 Å². The first-order valence-electron chi connectivity index (χ1n) is 10.7. The second kappa shape index (κ2) is 9.12. The summed E-state index contributed by atoms with van der Waals surface area (Å²) in [5, 5.41) is 0. The Bertz CT molecular complexity index is 1230. The molecule has 7 heteroatoms. The lowest BCUT2D eigenvalue weighted by molar-refractivity contribution is 0.0707. The lowest BCUT2D eigenvalue weighted by Gasteiger charge is -2.33. The molecular formula is C25H27N3O3S. The number of likely N-dealkylation sites (tertiary alicyclic amines) is 1. The maximum atomic E-state index is 13.3. The Labute approximate surface area is 189 Å². The van der Waals surface area contributed by atoms with Crippen molar-refractivity contribution in [3.63, 3.8) is 0 Å². The van der Waals surface area contributed by atoms with Crippen LogP contribution in [0.2, 0.25) is 0 Å². The number of benzene rings is 2. The molecule has 32 heavy (non-hydrogen) atoms. The van der Waals surface area contributed by atoms with Crippen molar-refractivity contribution in [1.29, 1.82) is 0 Å². The minimum absolute atomic E-state index is 0.130. The molecule has 1 N–H and O–H groups in total. The van der Waals surface area contributed by atoms with Crippen LogP contribution in [0.15, 0.2) is 66.7 Å². The zero-order valence-electron chi connectivity index (χ0n) is 18.3. The number of amides is 1. The van der Waals surface area contributed by atoms with Crippen LogP contribution in [0.1, 0.15) is 40.5 Å². The van der Waals surface area contributed by atoms with Crippen LogP contribution < -0.4 is 4.72 Å². The lowest BCUT2D eigenvalue weighted by atomic mass is 9.91. The fourth-order valence-electron chi connectivity index (χ4n) is 4.23. The highest BCUT2D eigenvalue weighted by molar-refractivity contribution is 7.92. The van der Waals surface area contributed by atoms with E-state index in [1.54, 1.807) is 24.3 Å². The van der Waals surface area contributed by atoms with E-state index in [0.717, 1.165) is 41.6 Å². The van der Waals surface area contributed by atoms with Gasteiger partial charge in [-0.2, -0.15) is 0 Å². The summed E-state index contributed by atoms with van der Waals surface area (Å²) in [5.41, 5.74) is 4.88. The highest BCUT2D eigenvalue weighted by Gasteiger charge is 2.28. The molecule has 4 rings (SSSR count). The second-order valence-corrected chi connectivity index (χ2v) is 10.0. The molecule has 6 nitrogen and oxygen atoms in total. The van der Waals surface area contributed by atoms with Crippen LogP contribution in [0.25, 0.3) is 11.1 Å². The van der Waals surface area contributed by atoms with E-state index in [9.17, 15) is 13.2 Å². The number of carbonyl (C=O) groups is 1. The van der Waals surface area contributed by atoms with Gasteiger partial charge in [-0.15, -0.1) is 0 Å². The summed E-state index contributed by atoms with van der Waals surface area (Å²) >= 11 is 0. The minimum atomic E-state index is -3.48. The van der Waals surface area contributed by atoms with Gasteiger partial charge >= 0.3 is 0 Å². The summed E-state index contributed by atoms with van der Waals surface area (Å²) in [6.07, 6.45) is 2.91. The van der Waals surface area contributed by atoms with Gasteiger partial charge in [-0.05, 0) is 55.2 Å². The molecule has 2 heterocycles. The maximum Gasteiger partial charge on any atom is 0.256 e. The van der Waals surface area contributed by atoms with E-state index in [0.29, 0.717) is 24.3 Å². The van der Waals surface area contributed by atoms with E-state index >= 15 is 0 Å². The van der Waals surface area contributed by atoms with E-state index < -0.39 is 10.0 Å². The number of para-hydroxylation sites is 1. The van der Waals surface area contributed by atoms with Crippen molar-refractivity contribution in [3.8, 4) is 11.1 Å². The molecule has 166 valence electrons. The predicted octanol–water partition coefficient (Wildman–Crippen LogP) is 4.45. The third-order valence-electron chi connectivity index (χ3n) is 5.66. The molecule has 1 aromatic heterocycles. The van der Waals surface area contributed by atoms with Crippen molar-refractivity contribution in [2.45, 2.75) is 25.7 Å². The Balaban J connectivity index is 1.59. The monoisotopic (exact) mass is 449 g/mol. The normalized spacial score (nSPS) is 16.6. The first kappa shape index (κ1) is 22.0. The van der Waals surface area contributed by atoms with Gasteiger partial charge in [-0.25, -0.2) is 8.42 Å². The number of aromatic nitrogens is 1. The summed E-state index contributed by atoms with van der Waals surface area (Å²) in [4.78, 5) is 19.9. The molecule has 0 spiro atoms. The molecule has 1 amide bonds. The number of piperidine rings is 1. The van der Waals surface area contributed by atoms with Crippen molar-refractivity contribution in [2.24, 2.45) is 0 Å². The first-order chi connectivity index (χ1) is 15.3. The molecular weight excluding hydrogens is 422 g/mol. The third-order valence-corrected chi connectivity index (χ3v) is 6.25. The zero-order valence-corrected chi connectivity index (χ0v) is 19.1. The molecule has 3 aromatic rings. The number of carbonyl (C=O) groups excluding carboxylic acids is 1. The van der Waals surface area contributed by atoms with Gasteiger partial charge in [0.15, 0.2) is 0 Å². The molecule has 0 bridgehead atoms. The topological polar surface area (TPSA) is 79.4 Å². The van der Waals surface area contributed by atoms with Gasteiger partial charge < -0.3 is 4.90 Å². The number of pyridine rings is 1. The third kappa shape index (κ3) is 5.16. The molecule has 1 fully saturated rings. The highest BCUT2D eigenvalue weighted by Crippen LogP contribution is 2.31. The molecule has 1 aliphatic rings. The van der Waals surface area contributed by atoms with E-state index in [4.69, 9.17) is 4.98 Å². The van der Waals surface area contributed by atoms with Gasteiger partial charge in [0.25, 0.3) is 5.91 Å². The number of nitrogens with one attached hydrogen (secondary N) is 1. The summed E-state index contributed by atoms with van der Waals surface area (Å²) in [5.74, 6) is -0.0394. The van der Waals surface area contributed by atoms with Crippen molar-refractivity contribution in [3.05, 3.63) is 83.7 Å². The quantitative estimate of drug-likeness (QED) is 0.624. The average Bonchev–Trinajstić information content (AvgIpc) is 2.78. The Kier molecular flexibility index (Phi) is 6.28. The van der Waals surface area contributed by atoms with E-state index in [2.05, 4.69) is 29.0 Å². The molecule has 1 atom stereocenters. The van der Waals surface area contributed by atoms with Crippen LogP contribution in [0.5, 0.6) is 0 Å². The van der Waals surface area contributed by atoms with Crippen LogP contribution in [-0.2, 0) is 10.0 Å². The van der Waals surface area contributed by atoms with Gasteiger partial charge in [0.1, 0.15) is 0 Å². The van der Waals surface area contributed by atoms with Crippen LogP contribution in [-0.4, -0.2) is 43.6 Å². The number of hydrogen-bond donors (Lipinski definition) is 1. The second-order valence-electron chi connectivity index (χ2n) is 8.30. The van der Waals surface area contributed by atoms with Gasteiger partial charge in [-0.3, -0.25) is 14.5 Å². The molecule has 0 saturated carbocycles. The van der Waals surface area contributed by atoms with Crippen molar-refractivity contribution in [1.82, 2.24) is 9.88 Å². The maximum absolute atomic E-state index is 13.3. The summed E-state index contributed by atoms with van der Waals surface area (Å²) < 4.78 is 25.9. The van der Waals surface area contributed by atoms with E-state index in [1.807, 2.05) is 30.0 Å². The predicted molar refractivity (Wildman–Crippen MR) is 127 cm³/mol. The lowest BCUT2D eigenvalue weighted by Crippen LogP contribution is -2.39. The van der Waals surface area contributed by atoms with Gasteiger partial charge in [0, 0.05) is 30.4 Å². The number of aryl methyl sites for hydroxylation is 1. The first-order valence-corrected chi connectivity index (χ1v) is 12.6. The average molecular weight is 450 g/mol. The zero-order chi connectivity index (χ0) is 22.7. The smallest absolute Gasteiger partial charge is 0.256 e. The van der Waals surface area contributed by atoms with Crippen LogP contribution in [0.4, 0.5) is 5.69 Å². The molecule has 2 aromatic carbocycles. The molecule has 0 radical (unpaired) electrons. The number of rotatable bonds is 5. The Morgan fingerprint density at radius 3 is 2.50 bits per heavy atom. The Hall–Kier alpha value is -3.19. The summed E-state index contributed by atoms with van der Waals surface area (Å²) in [6, 6.07) is 21.2. The minimum Gasteiger partial charge on any atom is -0.338 e. The Morgan fingerprint density at radius 1 is 1.03 bits per heavy atom. The van der Waals surface area contributed by atoms with Crippen LogP contribution in [0, 0.1) is 6.92 Å². The number of anilines is 1. The standard InChI is InChI=1S/C25H27N3O3S/c1-18-15-21(19-9-4-3-5-10-19)16-24(26-18)20-11-8-14-28(17-20)25(29)22-12-6-7-13-23(22)27-32(2,30)31/h3-7,9-10,12-13,15-16,20,27H,8,11,14,17H2,1-2H3/t20-/m1/s1. The highest BCUT2D eigenvalue weighted by atomic mass is 32.2. The van der Waals surface area contributed by atoms with E-state index in [-0.39, 0.29) is 11.8 Å². The van der Waals surface area contributed by atoms with E-state index in [1.165, 1.54) is 0 Å². The summed E-state index contributed by atoms with van der Waals surface area (Å²) in [7, 11) is -3.48. The SMILES string of the molecule is Cc1cc(-c2ccccc2)cc([C@@H]2CCCN(C(=O)c3ccccc3NS(C)(=O)=O)C2)n1. The van der Waals surface area contributed by atoms with Crippen molar-refractivity contribution < 1.29 is 13.2 Å². The van der Waals surface area contributed by atoms with Crippen LogP contribution in [0.3, 0.4) is 0 Å². The molecule has 0 unspecified atom stereocenters. The molecule has 1 aliphatic heterocycles. The molecule has 1 saturated heterocycles. The summed E-state index contributed by atoms with van der Waals surface area (Å²) in [6.45, 7) is 3.19. The van der Waals surface area contributed by atoms with Gasteiger partial charge in [-0.1, -0.05) is 42.5 Å². The fourth-order valence-corrected chi connectivity index (χ4v) is 4.81. The van der Waals surface area contributed by atoms with Crippen molar-refractivity contribution >= 4 is 21.6 Å². The Morgan fingerprint density at radius 2 is 1.75 bits per heavy atom. The number of hydrogen-bond acceptors (Lipinski definition) is 4. The molecule has 0 aliphatic carbocycles. The van der Waals surface area contributed by atoms with Gasteiger partial charge in [0.05, 0.1) is 17.5 Å². The number of nitrogens with zero attached hydrogens (tertiary/aromatic N) is 2.